The first-order chi connectivity index (χ1) is 7.19. The van der Waals surface area contributed by atoms with Crippen LogP contribution >= 0.6 is 0 Å². The van der Waals surface area contributed by atoms with Crippen LogP contribution in [0.5, 0.6) is 0 Å². The number of imidazole rings is 1. The first kappa shape index (κ1) is 12.2. The van der Waals surface area contributed by atoms with Crippen molar-refractivity contribution in [2.75, 3.05) is 0 Å². The van der Waals surface area contributed by atoms with E-state index >= 15 is 0 Å². The molecule has 0 amide bonds. The molecule has 1 heterocycles. The van der Waals surface area contributed by atoms with Crippen LogP contribution in [-0.2, 0) is 13.1 Å². The fourth-order valence-corrected chi connectivity index (χ4v) is 1.60. The molecule has 0 bridgehead atoms. The molecule has 0 aromatic carbocycles. The van der Waals surface area contributed by atoms with Crippen molar-refractivity contribution in [2.24, 2.45) is 5.92 Å². The van der Waals surface area contributed by atoms with Gasteiger partial charge in [0.2, 0.25) is 0 Å². The van der Waals surface area contributed by atoms with Gasteiger partial charge in [0, 0.05) is 25.0 Å². The van der Waals surface area contributed by atoms with E-state index < -0.39 is 0 Å². The molecule has 1 N–H and O–H groups in total. The van der Waals surface area contributed by atoms with E-state index in [4.69, 9.17) is 0 Å². The molecule has 0 saturated heterocycles. The summed E-state index contributed by atoms with van der Waals surface area (Å²) < 4.78 is 2.18. The highest BCUT2D eigenvalue weighted by molar-refractivity contribution is 4.92. The number of rotatable bonds is 6. The molecule has 0 aliphatic heterocycles. The van der Waals surface area contributed by atoms with Gasteiger partial charge in [0.1, 0.15) is 5.82 Å². The molecule has 0 saturated carbocycles. The molecule has 86 valence electrons. The van der Waals surface area contributed by atoms with Gasteiger partial charge in [-0.2, -0.15) is 0 Å². The Morgan fingerprint density at radius 1 is 1.40 bits per heavy atom. The molecule has 0 spiro atoms. The third-order valence-corrected chi connectivity index (χ3v) is 3.22. The number of hydrogen-bond donors (Lipinski definition) is 1. The molecule has 0 fully saturated rings. The van der Waals surface area contributed by atoms with Crippen molar-refractivity contribution in [1.29, 1.82) is 0 Å². The molecule has 15 heavy (non-hydrogen) atoms. The molecule has 0 radical (unpaired) electrons. The molecule has 2 atom stereocenters. The van der Waals surface area contributed by atoms with Crippen LogP contribution in [-0.4, -0.2) is 15.6 Å². The molecule has 2 unspecified atom stereocenters. The van der Waals surface area contributed by atoms with Crippen LogP contribution in [0.25, 0.3) is 0 Å². The molecule has 1 rings (SSSR count). The molecular formula is C12H23N3. The second-order valence-electron chi connectivity index (χ2n) is 4.18. The van der Waals surface area contributed by atoms with Crippen molar-refractivity contribution in [3.05, 3.63) is 18.2 Å². The minimum atomic E-state index is 0.553. The van der Waals surface area contributed by atoms with E-state index in [0.717, 1.165) is 24.8 Å². The monoisotopic (exact) mass is 209 g/mol. The zero-order chi connectivity index (χ0) is 11.3. The molecular weight excluding hydrogens is 186 g/mol. The average Bonchev–Trinajstić information content (AvgIpc) is 2.71. The van der Waals surface area contributed by atoms with E-state index in [1.165, 1.54) is 6.42 Å². The Bertz CT molecular complexity index is 280. The van der Waals surface area contributed by atoms with Crippen molar-refractivity contribution in [2.45, 2.75) is 53.2 Å². The maximum Gasteiger partial charge on any atom is 0.122 e. The highest BCUT2D eigenvalue weighted by atomic mass is 15.1. The van der Waals surface area contributed by atoms with Gasteiger partial charge in [-0.15, -0.1) is 0 Å². The minimum absolute atomic E-state index is 0.553. The molecule has 1 aromatic rings. The van der Waals surface area contributed by atoms with Crippen molar-refractivity contribution in [3.8, 4) is 0 Å². The SMILES string of the molecule is CCC(C)C(C)NCc1nccn1CC. The van der Waals surface area contributed by atoms with Gasteiger partial charge in [0.15, 0.2) is 0 Å². The topological polar surface area (TPSA) is 29.9 Å². The van der Waals surface area contributed by atoms with Gasteiger partial charge >= 0.3 is 0 Å². The first-order valence-corrected chi connectivity index (χ1v) is 5.92. The average molecular weight is 209 g/mol. The van der Waals surface area contributed by atoms with Crippen molar-refractivity contribution in [3.63, 3.8) is 0 Å². The van der Waals surface area contributed by atoms with Crippen LogP contribution in [0.4, 0.5) is 0 Å². The van der Waals surface area contributed by atoms with Gasteiger partial charge in [-0.05, 0) is 19.8 Å². The summed E-state index contributed by atoms with van der Waals surface area (Å²) in [6, 6.07) is 0.553. The summed E-state index contributed by atoms with van der Waals surface area (Å²) in [7, 11) is 0. The largest absolute Gasteiger partial charge is 0.334 e. The summed E-state index contributed by atoms with van der Waals surface area (Å²) in [5, 5.41) is 3.53. The summed E-state index contributed by atoms with van der Waals surface area (Å²) in [6.45, 7) is 10.8. The third-order valence-electron chi connectivity index (χ3n) is 3.22. The maximum absolute atomic E-state index is 4.34. The van der Waals surface area contributed by atoms with Gasteiger partial charge in [0.25, 0.3) is 0 Å². The molecule has 0 aliphatic rings. The van der Waals surface area contributed by atoms with E-state index in [1.54, 1.807) is 0 Å². The van der Waals surface area contributed by atoms with Crippen LogP contribution in [0.1, 0.15) is 39.9 Å². The second-order valence-corrected chi connectivity index (χ2v) is 4.18. The number of nitrogens with zero attached hydrogens (tertiary/aromatic N) is 2. The Labute approximate surface area is 92.9 Å². The summed E-state index contributed by atoms with van der Waals surface area (Å²) in [5.74, 6) is 1.85. The number of nitrogens with one attached hydrogen (secondary N) is 1. The molecule has 0 aliphatic carbocycles. The summed E-state index contributed by atoms with van der Waals surface area (Å²) >= 11 is 0. The Balaban J connectivity index is 2.43. The predicted molar refractivity (Wildman–Crippen MR) is 63.7 cm³/mol. The lowest BCUT2D eigenvalue weighted by molar-refractivity contribution is 0.383. The molecule has 3 heteroatoms. The number of aromatic nitrogens is 2. The summed E-state index contributed by atoms with van der Waals surface area (Å²) in [4.78, 5) is 4.34. The Morgan fingerprint density at radius 3 is 2.73 bits per heavy atom. The van der Waals surface area contributed by atoms with Crippen LogP contribution in [0, 0.1) is 5.92 Å². The zero-order valence-electron chi connectivity index (χ0n) is 10.3. The summed E-state index contributed by atoms with van der Waals surface area (Å²) in [5.41, 5.74) is 0. The number of aryl methyl sites for hydroxylation is 1. The van der Waals surface area contributed by atoms with E-state index in [0.29, 0.717) is 6.04 Å². The quantitative estimate of drug-likeness (QED) is 0.780. The fourth-order valence-electron chi connectivity index (χ4n) is 1.60. The van der Waals surface area contributed by atoms with Crippen LogP contribution in [0.15, 0.2) is 12.4 Å². The van der Waals surface area contributed by atoms with E-state index in [2.05, 4.69) is 42.6 Å². The summed E-state index contributed by atoms with van der Waals surface area (Å²) in [6.07, 6.45) is 5.12. The van der Waals surface area contributed by atoms with Gasteiger partial charge in [-0.3, -0.25) is 0 Å². The van der Waals surface area contributed by atoms with Crippen molar-refractivity contribution >= 4 is 0 Å². The fraction of sp³-hybridized carbons (Fsp3) is 0.750. The highest BCUT2D eigenvalue weighted by Crippen LogP contribution is 2.07. The minimum Gasteiger partial charge on any atom is -0.334 e. The van der Waals surface area contributed by atoms with Gasteiger partial charge in [-0.25, -0.2) is 4.98 Å². The highest BCUT2D eigenvalue weighted by Gasteiger charge is 2.10. The smallest absolute Gasteiger partial charge is 0.122 e. The van der Waals surface area contributed by atoms with Gasteiger partial charge in [0.05, 0.1) is 6.54 Å². The Kier molecular flexibility index (Phi) is 4.82. The van der Waals surface area contributed by atoms with E-state index in [1.807, 2.05) is 12.4 Å². The lowest BCUT2D eigenvalue weighted by Gasteiger charge is -2.19. The zero-order valence-corrected chi connectivity index (χ0v) is 10.3. The van der Waals surface area contributed by atoms with Crippen LogP contribution in [0.3, 0.4) is 0 Å². The standard InChI is InChI=1S/C12H23N3/c1-5-10(3)11(4)14-9-12-13-7-8-15(12)6-2/h7-8,10-11,14H,5-6,9H2,1-4H3. The number of hydrogen-bond acceptors (Lipinski definition) is 2. The Hall–Kier alpha value is -0.830. The van der Waals surface area contributed by atoms with Gasteiger partial charge < -0.3 is 9.88 Å². The van der Waals surface area contributed by atoms with Crippen molar-refractivity contribution < 1.29 is 0 Å². The predicted octanol–water partition coefficient (Wildman–Crippen LogP) is 2.43. The van der Waals surface area contributed by atoms with Gasteiger partial charge in [-0.1, -0.05) is 20.3 Å². The second kappa shape index (κ2) is 5.91. The normalized spacial score (nSPS) is 15.2. The first-order valence-electron chi connectivity index (χ1n) is 5.92. The Morgan fingerprint density at radius 2 is 2.13 bits per heavy atom. The lowest BCUT2D eigenvalue weighted by Crippen LogP contribution is -2.32. The van der Waals surface area contributed by atoms with E-state index in [9.17, 15) is 0 Å². The molecule has 3 nitrogen and oxygen atoms in total. The maximum atomic E-state index is 4.34. The van der Waals surface area contributed by atoms with E-state index in [-0.39, 0.29) is 0 Å². The van der Waals surface area contributed by atoms with Crippen molar-refractivity contribution in [1.82, 2.24) is 14.9 Å². The third kappa shape index (κ3) is 3.34. The molecule has 1 aromatic heterocycles. The lowest BCUT2D eigenvalue weighted by atomic mass is 10.0. The van der Waals surface area contributed by atoms with Crippen LogP contribution in [0.2, 0.25) is 0 Å². The van der Waals surface area contributed by atoms with Crippen LogP contribution < -0.4 is 5.32 Å².